The van der Waals surface area contributed by atoms with Crippen molar-refractivity contribution >= 4 is 68.0 Å². The van der Waals surface area contributed by atoms with Crippen molar-refractivity contribution in [3.05, 3.63) is 26.9 Å². The van der Waals surface area contributed by atoms with Crippen molar-refractivity contribution in [2.45, 2.75) is 20.8 Å². The number of anilines is 1. The van der Waals surface area contributed by atoms with E-state index >= 15 is 0 Å². The highest BCUT2D eigenvalue weighted by molar-refractivity contribution is 14.1. The number of fused-ring (bicyclic) bond motifs is 3. The van der Waals surface area contributed by atoms with E-state index in [0.29, 0.717) is 10.8 Å². The molecule has 0 saturated heterocycles. The molecule has 1 aromatic carbocycles. The molecule has 2 heterocycles. The fourth-order valence-electron chi connectivity index (χ4n) is 2.10. The lowest BCUT2D eigenvalue weighted by atomic mass is 9.96. The van der Waals surface area contributed by atoms with Crippen LogP contribution in [-0.4, -0.2) is 20.9 Å². The van der Waals surface area contributed by atoms with E-state index in [-0.39, 0.29) is 11.9 Å². The molecule has 22 heavy (non-hydrogen) atoms. The molecule has 0 radical (unpaired) electrons. The summed E-state index contributed by atoms with van der Waals surface area (Å²) in [7, 11) is 0. The zero-order valence-electron chi connectivity index (χ0n) is 12.3. The van der Waals surface area contributed by atoms with E-state index in [1.165, 1.54) is 0 Å². The molecular formula is C15H14ClIN4O. The standard InChI is InChI=1S/C15H14ClIN4O/c1-15(2,3)13(22)21-14-19-11(16)10-9-7(17)5-4-6-8(9)18-12(10)20-14/h4-6H,1-3H3,(H2,18,19,20,21,22). The molecule has 114 valence electrons. The first kappa shape index (κ1) is 15.5. The predicted molar refractivity (Wildman–Crippen MR) is 97.2 cm³/mol. The van der Waals surface area contributed by atoms with Crippen molar-refractivity contribution in [2.75, 3.05) is 5.32 Å². The van der Waals surface area contributed by atoms with Gasteiger partial charge < -0.3 is 4.98 Å². The molecule has 0 aliphatic rings. The van der Waals surface area contributed by atoms with Crippen molar-refractivity contribution in [1.82, 2.24) is 15.0 Å². The third-order valence-corrected chi connectivity index (χ3v) is 4.46. The number of carbonyl (C=O) groups excluding carboxylic acids is 1. The van der Waals surface area contributed by atoms with E-state index in [1.54, 1.807) is 0 Å². The summed E-state index contributed by atoms with van der Waals surface area (Å²) in [5.74, 6) is 0.0487. The molecule has 3 rings (SSSR count). The molecule has 2 aromatic heterocycles. The summed E-state index contributed by atoms with van der Waals surface area (Å²) in [6.07, 6.45) is 0. The lowest BCUT2D eigenvalue weighted by Gasteiger charge is -2.16. The molecule has 0 fully saturated rings. The molecule has 0 aliphatic heterocycles. The highest BCUT2D eigenvalue weighted by Gasteiger charge is 2.23. The maximum Gasteiger partial charge on any atom is 0.232 e. The van der Waals surface area contributed by atoms with Crippen molar-refractivity contribution in [1.29, 1.82) is 0 Å². The summed E-state index contributed by atoms with van der Waals surface area (Å²) in [4.78, 5) is 23.9. The molecule has 0 unspecified atom stereocenters. The van der Waals surface area contributed by atoms with E-state index < -0.39 is 5.41 Å². The highest BCUT2D eigenvalue weighted by atomic mass is 127. The van der Waals surface area contributed by atoms with Crippen LogP contribution in [-0.2, 0) is 4.79 Å². The van der Waals surface area contributed by atoms with Gasteiger partial charge in [0, 0.05) is 19.9 Å². The minimum absolute atomic E-state index is 0.159. The quantitative estimate of drug-likeness (QED) is 0.447. The number of H-pyrrole nitrogens is 1. The van der Waals surface area contributed by atoms with Gasteiger partial charge in [0.2, 0.25) is 11.9 Å². The van der Waals surface area contributed by atoms with Gasteiger partial charge in [0.25, 0.3) is 0 Å². The topological polar surface area (TPSA) is 70.7 Å². The summed E-state index contributed by atoms with van der Waals surface area (Å²) in [6, 6.07) is 5.92. The number of rotatable bonds is 1. The van der Waals surface area contributed by atoms with Crippen LogP contribution in [0.4, 0.5) is 5.95 Å². The Balaban J connectivity index is 2.16. The zero-order valence-corrected chi connectivity index (χ0v) is 15.2. The van der Waals surface area contributed by atoms with Crippen LogP contribution in [0.5, 0.6) is 0 Å². The number of halogens is 2. The number of nitrogens with one attached hydrogen (secondary N) is 2. The lowest BCUT2D eigenvalue weighted by molar-refractivity contribution is -0.123. The Bertz CT molecular complexity index is 898. The molecule has 2 N–H and O–H groups in total. The van der Waals surface area contributed by atoms with Gasteiger partial charge in [-0.05, 0) is 34.7 Å². The van der Waals surface area contributed by atoms with Crippen molar-refractivity contribution in [3.63, 3.8) is 0 Å². The van der Waals surface area contributed by atoms with E-state index in [0.717, 1.165) is 19.9 Å². The van der Waals surface area contributed by atoms with Crippen LogP contribution < -0.4 is 5.32 Å². The Hall–Kier alpha value is -1.41. The lowest BCUT2D eigenvalue weighted by Crippen LogP contribution is -2.28. The number of aromatic amines is 1. The second kappa shape index (κ2) is 5.34. The number of carbonyl (C=O) groups is 1. The molecular weight excluding hydrogens is 415 g/mol. The third-order valence-electron chi connectivity index (χ3n) is 3.29. The molecule has 0 saturated carbocycles. The van der Waals surface area contributed by atoms with Gasteiger partial charge in [-0.1, -0.05) is 38.4 Å². The van der Waals surface area contributed by atoms with Crippen LogP contribution in [0.2, 0.25) is 5.15 Å². The number of hydrogen-bond donors (Lipinski definition) is 2. The first-order chi connectivity index (χ1) is 10.3. The van der Waals surface area contributed by atoms with Gasteiger partial charge in [-0.3, -0.25) is 10.1 Å². The smallest absolute Gasteiger partial charge is 0.232 e. The van der Waals surface area contributed by atoms with Gasteiger partial charge in [0.05, 0.1) is 5.39 Å². The van der Waals surface area contributed by atoms with Crippen LogP contribution in [0.15, 0.2) is 18.2 Å². The maximum absolute atomic E-state index is 12.1. The monoisotopic (exact) mass is 428 g/mol. The molecule has 5 nitrogen and oxygen atoms in total. The molecule has 0 atom stereocenters. The van der Waals surface area contributed by atoms with Crippen molar-refractivity contribution in [3.8, 4) is 0 Å². The highest BCUT2D eigenvalue weighted by Crippen LogP contribution is 2.33. The molecule has 1 amide bonds. The fraction of sp³-hybridized carbons (Fsp3) is 0.267. The third kappa shape index (κ3) is 2.65. The van der Waals surface area contributed by atoms with Gasteiger partial charge >= 0.3 is 0 Å². The predicted octanol–water partition coefficient (Wildman–Crippen LogP) is 4.35. The Morgan fingerprint density at radius 1 is 1.27 bits per heavy atom. The Morgan fingerprint density at radius 2 is 2.00 bits per heavy atom. The maximum atomic E-state index is 12.1. The normalized spacial score (nSPS) is 12.0. The Kier molecular flexibility index (Phi) is 3.76. The zero-order chi connectivity index (χ0) is 16.1. The van der Waals surface area contributed by atoms with Gasteiger partial charge in [-0.15, -0.1) is 0 Å². The van der Waals surface area contributed by atoms with E-state index in [2.05, 4.69) is 42.9 Å². The minimum atomic E-state index is -0.527. The SMILES string of the molecule is CC(C)(C)C(=O)Nc1nc(Cl)c2c(n1)[nH]c1cccc(I)c12. The van der Waals surface area contributed by atoms with Gasteiger partial charge in [-0.2, -0.15) is 9.97 Å². The van der Waals surface area contributed by atoms with Crippen LogP contribution in [0.3, 0.4) is 0 Å². The summed E-state index contributed by atoms with van der Waals surface area (Å²) >= 11 is 8.58. The second-order valence-corrected chi connectivity index (χ2v) is 7.57. The second-order valence-electron chi connectivity index (χ2n) is 6.05. The fourth-order valence-corrected chi connectivity index (χ4v) is 3.13. The van der Waals surface area contributed by atoms with Gasteiger partial charge in [0.1, 0.15) is 10.8 Å². The van der Waals surface area contributed by atoms with Gasteiger partial charge in [0.15, 0.2) is 0 Å². The van der Waals surface area contributed by atoms with Crippen LogP contribution >= 0.6 is 34.2 Å². The minimum Gasteiger partial charge on any atom is -0.339 e. The van der Waals surface area contributed by atoms with E-state index in [1.807, 2.05) is 39.0 Å². The summed E-state index contributed by atoms with van der Waals surface area (Å²) in [5, 5.41) is 4.80. The van der Waals surface area contributed by atoms with Crippen LogP contribution in [0, 0.1) is 8.99 Å². The Morgan fingerprint density at radius 3 is 2.68 bits per heavy atom. The van der Waals surface area contributed by atoms with Crippen molar-refractivity contribution < 1.29 is 4.79 Å². The average Bonchev–Trinajstić information content (AvgIpc) is 2.77. The van der Waals surface area contributed by atoms with Crippen LogP contribution in [0.1, 0.15) is 20.8 Å². The number of amides is 1. The van der Waals surface area contributed by atoms with E-state index in [9.17, 15) is 4.79 Å². The van der Waals surface area contributed by atoms with Crippen molar-refractivity contribution in [2.24, 2.45) is 5.41 Å². The number of nitrogens with zero attached hydrogens (tertiary/aromatic N) is 2. The Labute approximate surface area is 146 Å². The molecule has 3 aromatic rings. The van der Waals surface area contributed by atoms with Crippen LogP contribution in [0.25, 0.3) is 21.9 Å². The molecule has 0 bridgehead atoms. The summed E-state index contributed by atoms with van der Waals surface area (Å²) in [6.45, 7) is 5.48. The molecule has 0 spiro atoms. The largest absolute Gasteiger partial charge is 0.339 e. The average molecular weight is 429 g/mol. The first-order valence-corrected chi connectivity index (χ1v) is 8.18. The molecule has 0 aliphatic carbocycles. The number of hydrogen-bond acceptors (Lipinski definition) is 3. The number of aromatic nitrogens is 3. The summed E-state index contributed by atoms with van der Waals surface area (Å²) in [5.41, 5.74) is 1.03. The summed E-state index contributed by atoms with van der Waals surface area (Å²) < 4.78 is 1.07. The number of benzene rings is 1. The van der Waals surface area contributed by atoms with Gasteiger partial charge in [-0.25, -0.2) is 0 Å². The molecule has 7 heteroatoms. The van der Waals surface area contributed by atoms with E-state index in [4.69, 9.17) is 11.6 Å². The first-order valence-electron chi connectivity index (χ1n) is 6.72.